The number of hydrogen-bond donors (Lipinski definition) is 1. The van der Waals surface area contributed by atoms with Crippen molar-refractivity contribution >= 4 is 5.91 Å². The second kappa shape index (κ2) is 8.50. The maximum absolute atomic E-state index is 12.5. The van der Waals surface area contributed by atoms with Crippen LogP contribution in [0.1, 0.15) is 32.1 Å². The van der Waals surface area contributed by atoms with E-state index in [0.717, 1.165) is 11.3 Å². The highest BCUT2D eigenvalue weighted by molar-refractivity contribution is 5.79. The summed E-state index contributed by atoms with van der Waals surface area (Å²) in [6.07, 6.45) is 1.63. The molecule has 5 nitrogen and oxygen atoms in total. The average Bonchev–Trinajstić information content (AvgIpc) is 3.08. The lowest BCUT2D eigenvalue weighted by atomic mass is 9.90. The van der Waals surface area contributed by atoms with E-state index < -0.39 is 5.54 Å². The number of carbonyl (C=O) groups excluding carboxylic acids is 1. The molecule has 0 spiro atoms. The van der Waals surface area contributed by atoms with Crippen LogP contribution in [0.5, 0.6) is 0 Å². The molecule has 0 saturated carbocycles. The quantitative estimate of drug-likeness (QED) is 0.801. The van der Waals surface area contributed by atoms with Gasteiger partial charge in [0.05, 0.1) is 25.4 Å². The number of amides is 1. The van der Waals surface area contributed by atoms with E-state index in [1.165, 1.54) is 0 Å². The molecule has 2 aromatic rings. The van der Waals surface area contributed by atoms with Crippen LogP contribution in [-0.4, -0.2) is 22.9 Å². The van der Waals surface area contributed by atoms with Gasteiger partial charge in [0.25, 0.3) is 0 Å². The lowest BCUT2D eigenvalue weighted by molar-refractivity contribution is -0.124. The first-order valence-corrected chi connectivity index (χ1v) is 8.44. The molecule has 1 unspecified atom stereocenters. The summed E-state index contributed by atoms with van der Waals surface area (Å²) in [5.41, 5.74) is 0.244. The fraction of sp³-hybridized carbons (Fsp3) is 0.400. The second-order valence-electron chi connectivity index (χ2n) is 6.73. The molecule has 0 aliphatic carbocycles. The minimum absolute atomic E-state index is 0.0223. The maximum atomic E-state index is 12.5. The molecule has 1 N–H and O–H groups in total. The van der Waals surface area contributed by atoms with Gasteiger partial charge in [-0.15, -0.1) is 0 Å². The van der Waals surface area contributed by atoms with Gasteiger partial charge in [0, 0.05) is 6.54 Å². The number of furan rings is 1. The van der Waals surface area contributed by atoms with E-state index in [0.29, 0.717) is 13.1 Å². The predicted molar refractivity (Wildman–Crippen MR) is 96.3 cm³/mol. The molecule has 0 aliphatic heterocycles. The van der Waals surface area contributed by atoms with E-state index in [4.69, 9.17) is 4.42 Å². The number of benzene rings is 1. The van der Waals surface area contributed by atoms with Crippen LogP contribution in [0.15, 0.2) is 53.1 Å². The van der Waals surface area contributed by atoms with Gasteiger partial charge in [-0.05, 0) is 30.5 Å². The lowest BCUT2D eigenvalue weighted by Crippen LogP contribution is -2.51. The highest BCUT2D eigenvalue weighted by atomic mass is 16.3. The van der Waals surface area contributed by atoms with Gasteiger partial charge in [0.15, 0.2) is 0 Å². The molecule has 2 rings (SSSR count). The second-order valence-corrected chi connectivity index (χ2v) is 6.73. The third-order valence-electron chi connectivity index (χ3n) is 4.36. The first-order valence-electron chi connectivity index (χ1n) is 8.44. The Labute approximate surface area is 149 Å². The number of nitrogens with zero attached hydrogens (tertiary/aromatic N) is 2. The molecule has 0 fully saturated rings. The van der Waals surface area contributed by atoms with Gasteiger partial charge in [-0.2, -0.15) is 5.26 Å². The molecule has 5 heteroatoms. The van der Waals surface area contributed by atoms with E-state index in [9.17, 15) is 10.1 Å². The molecular formula is C20H25N3O2. The third kappa shape index (κ3) is 5.47. The Morgan fingerprint density at radius 3 is 2.52 bits per heavy atom. The molecule has 0 saturated heterocycles. The lowest BCUT2D eigenvalue weighted by Gasteiger charge is -2.29. The highest BCUT2D eigenvalue weighted by Crippen LogP contribution is 2.16. The van der Waals surface area contributed by atoms with Crippen molar-refractivity contribution < 1.29 is 9.21 Å². The van der Waals surface area contributed by atoms with Crippen molar-refractivity contribution in [3.05, 3.63) is 60.1 Å². The summed E-state index contributed by atoms with van der Waals surface area (Å²) in [5, 5.41) is 12.3. The van der Waals surface area contributed by atoms with Gasteiger partial charge in [-0.25, -0.2) is 0 Å². The van der Waals surface area contributed by atoms with Gasteiger partial charge in [-0.1, -0.05) is 44.2 Å². The zero-order valence-electron chi connectivity index (χ0n) is 15.0. The zero-order valence-corrected chi connectivity index (χ0v) is 15.0. The minimum Gasteiger partial charge on any atom is -0.468 e. The van der Waals surface area contributed by atoms with E-state index in [2.05, 4.69) is 11.4 Å². The van der Waals surface area contributed by atoms with Crippen molar-refractivity contribution in [1.29, 1.82) is 5.26 Å². The zero-order chi connectivity index (χ0) is 18.3. The summed E-state index contributed by atoms with van der Waals surface area (Å²) in [4.78, 5) is 14.5. The first kappa shape index (κ1) is 18.8. The Hall–Kier alpha value is -2.58. The summed E-state index contributed by atoms with van der Waals surface area (Å²) in [6, 6.07) is 15.9. The van der Waals surface area contributed by atoms with Crippen LogP contribution in [0.3, 0.4) is 0 Å². The molecular weight excluding hydrogens is 314 g/mol. The monoisotopic (exact) mass is 339 g/mol. The van der Waals surface area contributed by atoms with Crippen molar-refractivity contribution in [3.63, 3.8) is 0 Å². The third-order valence-corrected chi connectivity index (χ3v) is 4.36. The standard InChI is InChI=1S/C20H25N3O2/c1-16(2)20(3,15-21)22-19(24)14-23(13-18-10-7-11-25-18)12-17-8-5-4-6-9-17/h4-11,16H,12-14H2,1-3H3,(H,22,24). The van der Waals surface area contributed by atoms with E-state index in [-0.39, 0.29) is 18.4 Å². The SMILES string of the molecule is CC(C)C(C)(C#N)NC(=O)CN(Cc1ccccc1)Cc1ccco1. The maximum Gasteiger partial charge on any atom is 0.235 e. The normalized spacial score (nSPS) is 13.4. The van der Waals surface area contributed by atoms with Crippen molar-refractivity contribution in [3.8, 4) is 6.07 Å². The molecule has 1 amide bonds. The van der Waals surface area contributed by atoms with Crippen LogP contribution < -0.4 is 5.32 Å². The van der Waals surface area contributed by atoms with Crippen LogP contribution in [0.25, 0.3) is 0 Å². The Bertz CT molecular complexity index is 704. The minimum atomic E-state index is -0.875. The van der Waals surface area contributed by atoms with Crippen molar-refractivity contribution in [2.45, 2.75) is 39.4 Å². The number of nitriles is 1. The van der Waals surface area contributed by atoms with Crippen LogP contribution in [0, 0.1) is 17.2 Å². The van der Waals surface area contributed by atoms with Gasteiger partial charge in [0.2, 0.25) is 5.91 Å². The van der Waals surface area contributed by atoms with Gasteiger partial charge >= 0.3 is 0 Å². The molecule has 0 radical (unpaired) electrons. The number of hydrogen-bond acceptors (Lipinski definition) is 4. The molecule has 0 aliphatic rings. The van der Waals surface area contributed by atoms with Crippen molar-refractivity contribution in [1.82, 2.24) is 10.2 Å². The molecule has 25 heavy (non-hydrogen) atoms. The van der Waals surface area contributed by atoms with E-state index >= 15 is 0 Å². The van der Waals surface area contributed by atoms with Crippen molar-refractivity contribution in [2.24, 2.45) is 5.92 Å². The Balaban J connectivity index is 2.07. The molecule has 1 heterocycles. The largest absolute Gasteiger partial charge is 0.468 e. The van der Waals surface area contributed by atoms with Crippen molar-refractivity contribution in [2.75, 3.05) is 6.54 Å². The molecule has 132 valence electrons. The highest BCUT2D eigenvalue weighted by Gasteiger charge is 2.30. The van der Waals surface area contributed by atoms with Crippen LogP contribution in [0.2, 0.25) is 0 Å². The topological polar surface area (TPSA) is 69.3 Å². The summed E-state index contributed by atoms with van der Waals surface area (Å²) >= 11 is 0. The van der Waals surface area contributed by atoms with Crippen LogP contribution >= 0.6 is 0 Å². The van der Waals surface area contributed by atoms with E-state index in [1.54, 1.807) is 13.2 Å². The summed E-state index contributed by atoms with van der Waals surface area (Å²) < 4.78 is 5.42. The fourth-order valence-corrected chi connectivity index (χ4v) is 2.47. The van der Waals surface area contributed by atoms with Crippen LogP contribution in [-0.2, 0) is 17.9 Å². The molecule has 1 aromatic carbocycles. The fourth-order valence-electron chi connectivity index (χ4n) is 2.47. The molecule has 0 bridgehead atoms. The number of rotatable bonds is 8. The number of nitrogens with one attached hydrogen (secondary N) is 1. The molecule has 1 aromatic heterocycles. The summed E-state index contributed by atoms with van der Waals surface area (Å²) in [6.45, 7) is 6.95. The summed E-state index contributed by atoms with van der Waals surface area (Å²) in [5.74, 6) is 0.657. The average molecular weight is 339 g/mol. The molecule has 1 atom stereocenters. The number of carbonyl (C=O) groups is 1. The Kier molecular flexibility index (Phi) is 6.37. The van der Waals surface area contributed by atoms with Gasteiger partial charge in [-0.3, -0.25) is 9.69 Å². The van der Waals surface area contributed by atoms with Gasteiger partial charge in [0.1, 0.15) is 11.3 Å². The first-order chi connectivity index (χ1) is 11.9. The van der Waals surface area contributed by atoms with Crippen LogP contribution in [0.4, 0.5) is 0 Å². The Morgan fingerprint density at radius 1 is 1.24 bits per heavy atom. The smallest absolute Gasteiger partial charge is 0.235 e. The van der Waals surface area contributed by atoms with E-state index in [1.807, 2.05) is 61.2 Å². The predicted octanol–water partition coefficient (Wildman–Crippen LogP) is 3.34. The van der Waals surface area contributed by atoms with Gasteiger partial charge < -0.3 is 9.73 Å². The Morgan fingerprint density at radius 2 is 1.96 bits per heavy atom. The summed E-state index contributed by atoms with van der Waals surface area (Å²) in [7, 11) is 0.